The topological polar surface area (TPSA) is 12.0 Å². The Kier molecular flexibility index (Phi) is 6.54. The summed E-state index contributed by atoms with van der Waals surface area (Å²) in [7, 11) is 0. The van der Waals surface area contributed by atoms with Crippen molar-refractivity contribution in [2.75, 3.05) is 12.3 Å². The standard InChI is InChI=1S/C16H33NS/c1-7-17-14-9-8-13(16(4,5)6)10-15(14)18-11-12(2)3/h12-15,17H,7-11H2,1-6H3. The van der Waals surface area contributed by atoms with Gasteiger partial charge in [0.05, 0.1) is 0 Å². The van der Waals surface area contributed by atoms with Gasteiger partial charge in [0.15, 0.2) is 0 Å². The molecule has 0 heterocycles. The second-order valence-electron chi connectivity index (χ2n) is 7.31. The largest absolute Gasteiger partial charge is 0.313 e. The van der Waals surface area contributed by atoms with Gasteiger partial charge in [-0.2, -0.15) is 11.8 Å². The fourth-order valence-corrected chi connectivity index (χ4v) is 4.38. The summed E-state index contributed by atoms with van der Waals surface area (Å²) in [5, 5.41) is 4.53. The number of rotatable bonds is 5. The molecule has 0 bridgehead atoms. The molecule has 0 aromatic heterocycles. The Hall–Kier alpha value is 0.310. The molecule has 1 aliphatic rings. The second kappa shape index (κ2) is 7.19. The van der Waals surface area contributed by atoms with Gasteiger partial charge in [-0.05, 0) is 48.8 Å². The van der Waals surface area contributed by atoms with E-state index in [1.807, 2.05) is 0 Å². The van der Waals surface area contributed by atoms with Crippen LogP contribution in [0.15, 0.2) is 0 Å². The number of nitrogens with one attached hydrogen (secondary N) is 1. The molecule has 1 saturated carbocycles. The molecule has 1 N–H and O–H groups in total. The highest BCUT2D eigenvalue weighted by atomic mass is 32.2. The van der Waals surface area contributed by atoms with Gasteiger partial charge < -0.3 is 5.32 Å². The van der Waals surface area contributed by atoms with Crippen molar-refractivity contribution in [3.8, 4) is 0 Å². The molecule has 18 heavy (non-hydrogen) atoms. The summed E-state index contributed by atoms with van der Waals surface area (Å²) in [6.45, 7) is 15.3. The predicted octanol–water partition coefficient (Wildman–Crippen LogP) is 4.57. The maximum atomic E-state index is 3.71. The zero-order chi connectivity index (χ0) is 13.8. The van der Waals surface area contributed by atoms with Crippen molar-refractivity contribution in [3.63, 3.8) is 0 Å². The van der Waals surface area contributed by atoms with E-state index < -0.39 is 0 Å². The normalized spacial score (nSPS) is 29.8. The SMILES string of the molecule is CCNC1CCC(C(C)(C)C)CC1SCC(C)C. The summed E-state index contributed by atoms with van der Waals surface area (Å²) in [4.78, 5) is 0. The Bertz CT molecular complexity index is 232. The lowest BCUT2D eigenvalue weighted by molar-refractivity contribution is 0.165. The molecule has 0 aromatic carbocycles. The van der Waals surface area contributed by atoms with Crippen molar-refractivity contribution < 1.29 is 0 Å². The smallest absolute Gasteiger partial charge is 0.0204 e. The highest BCUT2D eigenvalue weighted by Gasteiger charge is 2.35. The van der Waals surface area contributed by atoms with Crippen molar-refractivity contribution >= 4 is 11.8 Å². The Morgan fingerprint density at radius 3 is 2.39 bits per heavy atom. The molecule has 1 nitrogen and oxygen atoms in total. The zero-order valence-corrected chi connectivity index (χ0v) is 14.1. The Morgan fingerprint density at radius 2 is 1.89 bits per heavy atom. The number of thioether (sulfide) groups is 1. The van der Waals surface area contributed by atoms with Crippen LogP contribution in [0.25, 0.3) is 0 Å². The number of hydrogen-bond donors (Lipinski definition) is 1. The van der Waals surface area contributed by atoms with Gasteiger partial charge >= 0.3 is 0 Å². The quantitative estimate of drug-likeness (QED) is 0.786. The van der Waals surface area contributed by atoms with E-state index in [4.69, 9.17) is 0 Å². The molecular formula is C16H33NS. The lowest BCUT2D eigenvalue weighted by atomic mass is 9.71. The average Bonchev–Trinajstić information content (AvgIpc) is 2.26. The van der Waals surface area contributed by atoms with Gasteiger partial charge in [-0.25, -0.2) is 0 Å². The van der Waals surface area contributed by atoms with Crippen molar-refractivity contribution in [2.24, 2.45) is 17.3 Å². The molecule has 3 atom stereocenters. The van der Waals surface area contributed by atoms with E-state index in [2.05, 4.69) is 58.6 Å². The third kappa shape index (κ3) is 5.13. The zero-order valence-electron chi connectivity index (χ0n) is 13.3. The molecule has 0 saturated heterocycles. The van der Waals surface area contributed by atoms with E-state index in [9.17, 15) is 0 Å². The van der Waals surface area contributed by atoms with Crippen molar-refractivity contribution in [2.45, 2.75) is 72.1 Å². The molecule has 2 heteroatoms. The summed E-state index contributed by atoms with van der Waals surface area (Å²) in [6.07, 6.45) is 4.17. The predicted molar refractivity (Wildman–Crippen MR) is 85.3 cm³/mol. The van der Waals surface area contributed by atoms with Gasteiger partial charge in [0, 0.05) is 11.3 Å². The van der Waals surface area contributed by atoms with Crippen LogP contribution in [0, 0.1) is 17.3 Å². The van der Waals surface area contributed by atoms with Crippen LogP contribution in [-0.2, 0) is 0 Å². The van der Waals surface area contributed by atoms with Crippen LogP contribution in [-0.4, -0.2) is 23.6 Å². The monoisotopic (exact) mass is 271 g/mol. The van der Waals surface area contributed by atoms with E-state index in [0.29, 0.717) is 5.41 Å². The van der Waals surface area contributed by atoms with E-state index >= 15 is 0 Å². The first-order valence-electron chi connectivity index (χ1n) is 7.69. The highest BCUT2D eigenvalue weighted by molar-refractivity contribution is 7.99. The summed E-state index contributed by atoms with van der Waals surface area (Å²) in [6, 6.07) is 0.748. The molecule has 0 aromatic rings. The third-order valence-corrected chi connectivity index (χ3v) is 5.93. The van der Waals surface area contributed by atoms with Crippen LogP contribution in [0.5, 0.6) is 0 Å². The van der Waals surface area contributed by atoms with Gasteiger partial charge in [0.2, 0.25) is 0 Å². The molecule has 1 fully saturated rings. The maximum absolute atomic E-state index is 3.71. The van der Waals surface area contributed by atoms with Gasteiger partial charge in [0.25, 0.3) is 0 Å². The van der Waals surface area contributed by atoms with Crippen LogP contribution in [0.3, 0.4) is 0 Å². The van der Waals surface area contributed by atoms with E-state index in [0.717, 1.165) is 29.7 Å². The van der Waals surface area contributed by atoms with Crippen LogP contribution in [0.1, 0.15) is 60.8 Å². The average molecular weight is 272 g/mol. The lowest BCUT2D eigenvalue weighted by Gasteiger charge is -2.42. The molecule has 0 amide bonds. The summed E-state index contributed by atoms with van der Waals surface area (Å²) < 4.78 is 0. The van der Waals surface area contributed by atoms with E-state index in [1.165, 1.54) is 25.0 Å². The van der Waals surface area contributed by atoms with Crippen LogP contribution < -0.4 is 5.32 Å². The molecule has 108 valence electrons. The summed E-state index contributed by atoms with van der Waals surface area (Å²) >= 11 is 2.21. The van der Waals surface area contributed by atoms with Crippen molar-refractivity contribution in [1.82, 2.24) is 5.32 Å². The first-order valence-corrected chi connectivity index (χ1v) is 8.74. The Morgan fingerprint density at radius 1 is 1.22 bits per heavy atom. The van der Waals surface area contributed by atoms with Crippen molar-refractivity contribution in [3.05, 3.63) is 0 Å². The fraction of sp³-hybridized carbons (Fsp3) is 1.00. The lowest BCUT2D eigenvalue weighted by Crippen LogP contribution is -2.45. The molecular weight excluding hydrogens is 238 g/mol. The van der Waals surface area contributed by atoms with Crippen LogP contribution in [0.4, 0.5) is 0 Å². The van der Waals surface area contributed by atoms with E-state index in [-0.39, 0.29) is 0 Å². The summed E-state index contributed by atoms with van der Waals surface area (Å²) in [5.41, 5.74) is 0.480. The van der Waals surface area contributed by atoms with Crippen molar-refractivity contribution in [1.29, 1.82) is 0 Å². The first kappa shape index (κ1) is 16.4. The number of hydrogen-bond acceptors (Lipinski definition) is 2. The van der Waals surface area contributed by atoms with Gasteiger partial charge in [-0.1, -0.05) is 41.5 Å². The molecule has 3 unspecified atom stereocenters. The molecule has 0 radical (unpaired) electrons. The minimum atomic E-state index is 0.480. The first-order chi connectivity index (χ1) is 8.34. The molecule has 0 aliphatic heterocycles. The van der Waals surface area contributed by atoms with Crippen LogP contribution in [0.2, 0.25) is 0 Å². The van der Waals surface area contributed by atoms with Gasteiger partial charge in [0.1, 0.15) is 0 Å². The summed E-state index contributed by atoms with van der Waals surface area (Å²) in [5.74, 6) is 3.02. The maximum Gasteiger partial charge on any atom is 0.0204 e. The minimum Gasteiger partial charge on any atom is -0.313 e. The van der Waals surface area contributed by atoms with Crippen LogP contribution >= 0.6 is 11.8 Å². The van der Waals surface area contributed by atoms with E-state index in [1.54, 1.807) is 0 Å². The van der Waals surface area contributed by atoms with Gasteiger partial charge in [-0.3, -0.25) is 0 Å². The Balaban J connectivity index is 2.58. The second-order valence-corrected chi connectivity index (χ2v) is 8.58. The third-order valence-electron chi connectivity index (χ3n) is 4.13. The fourth-order valence-electron chi connectivity index (χ4n) is 2.91. The molecule has 1 rings (SSSR count). The minimum absolute atomic E-state index is 0.480. The molecule has 1 aliphatic carbocycles. The highest BCUT2D eigenvalue weighted by Crippen LogP contribution is 2.41. The Labute approximate surface area is 119 Å². The molecule has 0 spiro atoms. The van der Waals surface area contributed by atoms with Gasteiger partial charge in [-0.15, -0.1) is 0 Å².